The van der Waals surface area contributed by atoms with Gasteiger partial charge in [0.25, 0.3) is 5.91 Å². The van der Waals surface area contributed by atoms with Gasteiger partial charge in [0, 0.05) is 22.9 Å². The van der Waals surface area contributed by atoms with Gasteiger partial charge in [-0.05, 0) is 36.3 Å². The van der Waals surface area contributed by atoms with E-state index in [2.05, 4.69) is 64.9 Å². The molecule has 2 aromatic rings. The number of carbonyl (C=O) groups is 1. The number of carbonyl (C=O) groups excluding carboxylic acids is 1. The molecule has 8 nitrogen and oxygen atoms in total. The lowest BCUT2D eigenvalue weighted by atomic mass is 10.2. The van der Waals surface area contributed by atoms with Gasteiger partial charge in [0.05, 0.1) is 12.7 Å². The number of rotatable bonds is 10. The van der Waals surface area contributed by atoms with Crippen LogP contribution in [0.2, 0.25) is 18.1 Å². The van der Waals surface area contributed by atoms with Crippen molar-refractivity contribution in [2.24, 2.45) is 0 Å². The third-order valence-electron chi connectivity index (χ3n) is 6.65. The van der Waals surface area contributed by atoms with Crippen molar-refractivity contribution in [1.82, 2.24) is 9.55 Å². The van der Waals surface area contributed by atoms with Crippen LogP contribution in [0.15, 0.2) is 47.4 Å². The van der Waals surface area contributed by atoms with Crippen molar-refractivity contribution in [3.05, 3.63) is 58.6 Å². The Morgan fingerprint density at radius 2 is 1.84 bits per heavy atom. The summed E-state index contributed by atoms with van der Waals surface area (Å²) in [5.41, 5.74) is -0.00657. The van der Waals surface area contributed by atoms with Crippen LogP contribution in [0.4, 0.5) is 5.82 Å². The minimum Gasteiger partial charge on any atom is -0.414 e. The van der Waals surface area contributed by atoms with E-state index in [0.29, 0.717) is 24.5 Å². The van der Waals surface area contributed by atoms with Gasteiger partial charge in [0.15, 0.2) is 8.32 Å². The molecule has 0 saturated carbocycles. The highest BCUT2D eigenvalue weighted by atomic mass is 33.1. The van der Waals surface area contributed by atoms with Crippen molar-refractivity contribution >= 4 is 41.6 Å². The summed E-state index contributed by atoms with van der Waals surface area (Å²) in [5.74, 6) is 0.380. The smallest absolute Gasteiger partial charge is 0.351 e. The van der Waals surface area contributed by atoms with Crippen LogP contribution in [0.25, 0.3) is 0 Å². The van der Waals surface area contributed by atoms with Crippen molar-refractivity contribution in [3.8, 4) is 0 Å². The second-order valence-electron chi connectivity index (χ2n) is 11.9. The molecule has 3 rings (SSSR count). The molecule has 3 atom stereocenters. The predicted octanol–water partition coefficient (Wildman–Crippen LogP) is 6.33. The van der Waals surface area contributed by atoms with E-state index in [0.717, 1.165) is 0 Å². The van der Waals surface area contributed by atoms with Gasteiger partial charge in [-0.25, -0.2) is 4.79 Å². The first-order chi connectivity index (χ1) is 17.7. The number of hydrogen-bond acceptors (Lipinski definition) is 8. The van der Waals surface area contributed by atoms with E-state index in [1.807, 2.05) is 6.07 Å². The van der Waals surface area contributed by atoms with E-state index in [-0.39, 0.29) is 33.7 Å². The van der Waals surface area contributed by atoms with E-state index in [9.17, 15) is 9.59 Å². The second-order valence-corrected chi connectivity index (χ2v) is 19.8. The largest absolute Gasteiger partial charge is 0.414 e. The Hall–Kier alpha value is -1.63. The van der Waals surface area contributed by atoms with Crippen molar-refractivity contribution in [3.63, 3.8) is 0 Å². The van der Waals surface area contributed by atoms with Gasteiger partial charge in [-0.1, -0.05) is 81.3 Å². The SMILES string of the molecule is CC(C)(C)SSCOC1C[C@H](n2ccc(NC(=O)c3ccccc3)nc2=O)O[C@@H]1CO[Si](C)(C)C(C)(C)C. The molecule has 1 aromatic carbocycles. The molecule has 1 fully saturated rings. The van der Waals surface area contributed by atoms with Crippen LogP contribution in [0.1, 0.15) is 64.5 Å². The minimum atomic E-state index is -1.99. The van der Waals surface area contributed by atoms with Crippen LogP contribution in [0, 0.1) is 0 Å². The summed E-state index contributed by atoms with van der Waals surface area (Å²) >= 11 is 0. The van der Waals surface area contributed by atoms with E-state index < -0.39 is 20.2 Å². The first-order valence-electron chi connectivity index (χ1n) is 12.8. The van der Waals surface area contributed by atoms with Crippen LogP contribution < -0.4 is 11.0 Å². The molecule has 1 N–H and O–H groups in total. The monoisotopic (exact) mass is 579 g/mol. The zero-order valence-corrected chi connectivity index (χ0v) is 26.3. The van der Waals surface area contributed by atoms with Crippen molar-refractivity contribution < 1.29 is 18.7 Å². The molecule has 2 heterocycles. The molecule has 0 spiro atoms. The Morgan fingerprint density at radius 3 is 2.45 bits per heavy atom. The van der Waals surface area contributed by atoms with Crippen LogP contribution >= 0.6 is 21.6 Å². The molecule has 38 heavy (non-hydrogen) atoms. The topological polar surface area (TPSA) is 91.7 Å². The molecule has 1 unspecified atom stereocenters. The van der Waals surface area contributed by atoms with Gasteiger partial charge >= 0.3 is 5.69 Å². The molecule has 1 aliphatic rings. The maximum Gasteiger partial charge on any atom is 0.351 e. The molecule has 1 aliphatic heterocycles. The Kier molecular flexibility index (Phi) is 10.3. The highest BCUT2D eigenvalue weighted by molar-refractivity contribution is 8.77. The Bertz CT molecular complexity index is 1130. The Balaban J connectivity index is 1.70. The van der Waals surface area contributed by atoms with Crippen LogP contribution in [-0.2, 0) is 13.9 Å². The average molecular weight is 580 g/mol. The average Bonchev–Trinajstić information content (AvgIpc) is 3.22. The maximum absolute atomic E-state index is 12.9. The molecule has 11 heteroatoms. The molecule has 1 amide bonds. The van der Waals surface area contributed by atoms with Gasteiger partial charge in [-0.3, -0.25) is 9.36 Å². The third kappa shape index (κ3) is 8.69. The number of amides is 1. The van der Waals surface area contributed by atoms with E-state index >= 15 is 0 Å². The first-order valence-corrected chi connectivity index (χ1v) is 18.1. The number of hydrogen-bond donors (Lipinski definition) is 1. The fourth-order valence-electron chi connectivity index (χ4n) is 3.50. The lowest BCUT2D eigenvalue weighted by molar-refractivity contribution is -0.0527. The summed E-state index contributed by atoms with van der Waals surface area (Å²) in [4.78, 5) is 29.4. The van der Waals surface area contributed by atoms with Crippen molar-refractivity contribution in [1.29, 1.82) is 0 Å². The van der Waals surface area contributed by atoms with E-state index in [1.165, 1.54) is 4.57 Å². The van der Waals surface area contributed by atoms with Gasteiger partial charge in [-0.2, -0.15) is 4.98 Å². The van der Waals surface area contributed by atoms with E-state index in [4.69, 9.17) is 13.9 Å². The number of benzene rings is 1. The zero-order valence-electron chi connectivity index (χ0n) is 23.6. The summed E-state index contributed by atoms with van der Waals surface area (Å²) in [6, 6.07) is 10.4. The zero-order chi connectivity index (χ0) is 28.1. The molecule has 210 valence electrons. The summed E-state index contributed by atoms with van der Waals surface area (Å²) in [6.45, 7) is 17.9. The lowest BCUT2D eigenvalue weighted by Gasteiger charge is -2.37. The fourth-order valence-corrected chi connectivity index (χ4v) is 6.52. The predicted molar refractivity (Wildman–Crippen MR) is 159 cm³/mol. The maximum atomic E-state index is 12.9. The summed E-state index contributed by atoms with van der Waals surface area (Å²) in [5, 5.41) is 2.75. The molecular formula is C27H41N3O5S2Si. The van der Waals surface area contributed by atoms with Crippen LogP contribution in [0.3, 0.4) is 0 Å². The molecular weight excluding hydrogens is 539 g/mol. The van der Waals surface area contributed by atoms with Gasteiger partial charge in [0.2, 0.25) is 0 Å². The molecule has 0 bridgehead atoms. The number of aromatic nitrogens is 2. The minimum absolute atomic E-state index is 0.0709. The number of nitrogens with zero attached hydrogens (tertiary/aromatic N) is 2. The van der Waals surface area contributed by atoms with Crippen molar-refractivity contribution in [2.75, 3.05) is 17.9 Å². The quantitative estimate of drug-likeness (QED) is 0.151. The van der Waals surface area contributed by atoms with Gasteiger partial charge < -0.3 is 19.2 Å². The Morgan fingerprint density at radius 1 is 1.16 bits per heavy atom. The number of nitrogens with one attached hydrogen (secondary N) is 1. The lowest BCUT2D eigenvalue weighted by Crippen LogP contribution is -2.44. The van der Waals surface area contributed by atoms with E-state index in [1.54, 1.807) is 58.1 Å². The normalized spacial score (nSPS) is 20.5. The summed E-state index contributed by atoms with van der Waals surface area (Å²) in [7, 11) is 1.44. The molecule has 0 radical (unpaired) electrons. The number of anilines is 1. The number of ether oxygens (including phenoxy) is 2. The fraction of sp³-hybridized carbons (Fsp3) is 0.593. The van der Waals surface area contributed by atoms with Crippen LogP contribution in [-0.4, -0.2) is 53.3 Å². The standard InChI is InChI=1S/C27H41N3O5S2Si/c1-26(2,3)37-36-18-33-20-16-23(35-21(20)17-34-38(7,8)27(4,5)6)30-15-14-22(29-25(30)32)28-24(31)19-12-10-9-11-13-19/h9-15,20-21,23H,16-18H2,1-8H3,(H,28,29,31,32)/t20?,21-,23-/m1/s1. The summed E-state index contributed by atoms with van der Waals surface area (Å²) in [6.07, 6.45) is 1.05. The van der Waals surface area contributed by atoms with Crippen LogP contribution in [0.5, 0.6) is 0 Å². The highest BCUT2D eigenvalue weighted by Crippen LogP contribution is 2.39. The second kappa shape index (κ2) is 12.7. The summed E-state index contributed by atoms with van der Waals surface area (Å²) < 4.78 is 20.6. The van der Waals surface area contributed by atoms with Crippen molar-refractivity contribution in [2.45, 2.75) is 89.3 Å². The molecule has 0 aliphatic carbocycles. The van der Waals surface area contributed by atoms with Gasteiger partial charge in [0.1, 0.15) is 24.1 Å². The third-order valence-corrected chi connectivity index (χ3v) is 14.1. The molecule has 1 aromatic heterocycles. The first kappa shape index (κ1) is 30.9. The van der Waals surface area contributed by atoms with Gasteiger partial charge in [-0.15, -0.1) is 0 Å². The Labute approximate surface area is 235 Å². The highest BCUT2D eigenvalue weighted by Gasteiger charge is 2.42. The molecule has 1 saturated heterocycles.